The predicted molar refractivity (Wildman–Crippen MR) is 146 cm³/mol. The van der Waals surface area contributed by atoms with Crippen LogP contribution < -0.4 is 10.1 Å². The molecule has 4 rings (SSSR count). The van der Waals surface area contributed by atoms with Gasteiger partial charge in [-0.25, -0.2) is 9.48 Å². The zero-order valence-corrected chi connectivity index (χ0v) is 23.4. The molecule has 2 aromatic rings. The van der Waals surface area contributed by atoms with Gasteiger partial charge in [0.2, 0.25) is 0 Å². The highest BCUT2D eigenvalue weighted by Gasteiger charge is 2.32. The SMILES string of the molecule is COc1ccc(-n2ncc(C(=O)NCCN3CCN(C)CC3)c2C2CCN(C(=O)OC(C)(C)C)CC2)cc1. The van der Waals surface area contributed by atoms with Gasteiger partial charge >= 0.3 is 6.09 Å². The molecule has 10 heteroatoms. The molecule has 1 N–H and O–H groups in total. The summed E-state index contributed by atoms with van der Waals surface area (Å²) in [4.78, 5) is 32.4. The molecule has 0 unspecified atom stereocenters. The molecule has 1 aromatic carbocycles. The van der Waals surface area contributed by atoms with Gasteiger partial charge < -0.3 is 24.6 Å². The molecule has 3 heterocycles. The number of piperazine rings is 1. The third-order valence-electron chi connectivity index (χ3n) is 7.21. The Hall–Kier alpha value is -3.11. The summed E-state index contributed by atoms with van der Waals surface area (Å²) < 4.78 is 12.7. The molecule has 2 fully saturated rings. The van der Waals surface area contributed by atoms with Crippen LogP contribution in [-0.4, -0.2) is 109 Å². The molecular weight excluding hydrogens is 484 g/mol. The minimum atomic E-state index is -0.531. The van der Waals surface area contributed by atoms with Crippen molar-refractivity contribution in [1.82, 2.24) is 29.8 Å². The van der Waals surface area contributed by atoms with Crippen LogP contribution in [0.5, 0.6) is 5.75 Å². The van der Waals surface area contributed by atoms with Crippen molar-refractivity contribution in [1.29, 1.82) is 0 Å². The van der Waals surface area contributed by atoms with Gasteiger partial charge in [-0.3, -0.25) is 9.69 Å². The Labute approximate surface area is 225 Å². The Bertz CT molecular complexity index is 1080. The largest absolute Gasteiger partial charge is 0.497 e. The van der Waals surface area contributed by atoms with Gasteiger partial charge in [-0.05, 0) is 64.9 Å². The fourth-order valence-electron chi connectivity index (χ4n) is 5.01. The number of nitrogens with zero attached hydrogens (tertiary/aromatic N) is 5. The smallest absolute Gasteiger partial charge is 0.410 e. The van der Waals surface area contributed by atoms with E-state index >= 15 is 0 Å². The van der Waals surface area contributed by atoms with Crippen LogP contribution >= 0.6 is 0 Å². The Morgan fingerprint density at radius 1 is 1.03 bits per heavy atom. The zero-order chi connectivity index (χ0) is 27.3. The van der Waals surface area contributed by atoms with E-state index in [1.165, 1.54) is 0 Å². The van der Waals surface area contributed by atoms with Crippen molar-refractivity contribution in [3.05, 3.63) is 41.7 Å². The highest BCUT2D eigenvalue weighted by atomic mass is 16.6. The second kappa shape index (κ2) is 12.2. The highest BCUT2D eigenvalue weighted by Crippen LogP contribution is 2.33. The summed E-state index contributed by atoms with van der Waals surface area (Å²) in [6, 6.07) is 7.67. The number of rotatable bonds is 7. The summed E-state index contributed by atoms with van der Waals surface area (Å²) in [6.07, 6.45) is 2.83. The van der Waals surface area contributed by atoms with Crippen molar-refractivity contribution in [3.8, 4) is 11.4 Å². The van der Waals surface area contributed by atoms with Crippen LogP contribution in [0, 0.1) is 0 Å². The van der Waals surface area contributed by atoms with Crippen LogP contribution in [0.15, 0.2) is 30.5 Å². The molecule has 2 amide bonds. The first-order valence-electron chi connectivity index (χ1n) is 13.5. The maximum Gasteiger partial charge on any atom is 0.410 e. The quantitative estimate of drug-likeness (QED) is 0.593. The van der Waals surface area contributed by atoms with Gasteiger partial charge in [0.25, 0.3) is 5.91 Å². The molecule has 2 aliphatic rings. The van der Waals surface area contributed by atoms with Gasteiger partial charge in [0, 0.05) is 58.3 Å². The molecule has 10 nitrogen and oxygen atoms in total. The van der Waals surface area contributed by atoms with Crippen LogP contribution in [0.3, 0.4) is 0 Å². The van der Waals surface area contributed by atoms with E-state index in [1.54, 1.807) is 18.2 Å². The fraction of sp³-hybridized carbons (Fsp3) is 0.607. The third-order valence-corrected chi connectivity index (χ3v) is 7.21. The number of likely N-dealkylation sites (N-methyl/N-ethyl adjacent to an activating group) is 1. The molecule has 2 saturated heterocycles. The second-order valence-electron chi connectivity index (χ2n) is 11.2. The number of nitrogens with one attached hydrogen (secondary N) is 1. The lowest BCUT2D eigenvalue weighted by Gasteiger charge is -2.34. The second-order valence-corrected chi connectivity index (χ2v) is 11.2. The monoisotopic (exact) mass is 526 g/mol. The number of hydrogen-bond donors (Lipinski definition) is 1. The number of likely N-dealkylation sites (tertiary alicyclic amines) is 1. The number of hydrogen-bond acceptors (Lipinski definition) is 7. The first kappa shape index (κ1) is 27.9. The summed E-state index contributed by atoms with van der Waals surface area (Å²) >= 11 is 0. The molecule has 2 aliphatic heterocycles. The number of benzene rings is 1. The van der Waals surface area contributed by atoms with E-state index in [2.05, 4.69) is 27.3 Å². The molecule has 0 spiro atoms. The maximum absolute atomic E-state index is 13.4. The van der Waals surface area contributed by atoms with E-state index in [4.69, 9.17) is 9.47 Å². The van der Waals surface area contributed by atoms with Crippen molar-refractivity contribution in [2.45, 2.75) is 45.1 Å². The zero-order valence-electron chi connectivity index (χ0n) is 23.4. The highest BCUT2D eigenvalue weighted by molar-refractivity contribution is 5.95. The van der Waals surface area contributed by atoms with Crippen LogP contribution in [0.25, 0.3) is 5.69 Å². The Kier molecular flexibility index (Phi) is 8.94. The van der Waals surface area contributed by atoms with Gasteiger partial charge in [0.15, 0.2) is 0 Å². The number of aromatic nitrogens is 2. The van der Waals surface area contributed by atoms with Gasteiger partial charge in [-0.1, -0.05) is 0 Å². The maximum atomic E-state index is 13.4. The van der Waals surface area contributed by atoms with E-state index in [0.717, 1.165) is 62.7 Å². The first-order valence-corrected chi connectivity index (χ1v) is 13.5. The van der Waals surface area contributed by atoms with Gasteiger partial charge in [-0.15, -0.1) is 0 Å². The van der Waals surface area contributed by atoms with Crippen LogP contribution in [0.4, 0.5) is 4.79 Å². The average Bonchev–Trinajstić information content (AvgIpc) is 3.34. The molecule has 0 atom stereocenters. The van der Waals surface area contributed by atoms with E-state index in [1.807, 2.05) is 49.7 Å². The first-order chi connectivity index (χ1) is 18.1. The van der Waals surface area contributed by atoms with Gasteiger partial charge in [-0.2, -0.15) is 5.10 Å². The standard InChI is InChI=1S/C28H42N6O4/c1-28(2,3)38-27(36)33-13-10-21(11-14-33)25-24(20-30-34(25)22-6-8-23(37-5)9-7-22)26(35)29-12-15-32-18-16-31(4)17-19-32/h6-9,20-21H,10-19H2,1-5H3,(H,29,35). The van der Waals surface area contributed by atoms with Crippen molar-refractivity contribution in [2.75, 3.05) is 66.5 Å². The lowest BCUT2D eigenvalue weighted by atomic mass is 9.91. The van der Waals surface area contributed by atoms with Crippen LogP contribution in [0.2, 0.25) is 0 Å². The number of methoxy groups -OCH3 is 1. The Balaban J connectivity index is 1.49. The predicted octanol–water partition coefficient (Wildman–Crippen LogP) is 2.97. The van der Waals surface area contributed by atoms with E-state index in [0.29, 0.717) is 25.2 Å². The molecule has 0 radical (unpaired) electrons. The molecule has 0 bridgehead atoms. The summed E-state index contributed by atoms with van der Waals surface area (Å²) in [6.45, 7) is 12.3. The van der Waals surface area contributed by atoms with Crippen LogP contribution in [0.1, 0.15) is 55.6 Å². The Morgan fingerprint density at radius 3 is 2.29 bits per heavy atom. The van der Waals surface area contributed by atoms with Crippen molar-refractivity contribution in [2.24, 2.45) is 0 Å². The number of ether oxygens (including phenoxy) is 2. The van der Waals surface area contributed by atoms with E-state index in [9.17, 15) is 9.59 Å². The van der Waals surface area contributed by atoms with E-state index < -0.39 is 5.60 Å². The summed E-state index contributed by atoms with van der Waals surface area (Å²) in [5.74, 6) is 0.732. The minimum Gasteiger partial charge on any atom is -0.497 e. The van der Waals surface area contributed by atoms with E-state index in [-0.39, 0.29) is 17.9 Å². The lowest BCUT2D eigenvalue weighted by Crippen LogP contribution is -2.47. The number of piperidine rings is 1. The van der Waals surface area contributed by atoms with Crippen molar-refractivity contribution < 1.29 is 19.1 Å². The molecule has 38 heavy (non-hydrogen) atoms. The van der Waals surface area contributed by atoms with Crippen molar-refractivity contribution in [3.63, 3.8) is 0 Å². The molecular formula is C28H42N6O4. The topological polar surface area (TPSA) is 92.2 Å². The molecule has 0 aliphatic carbocycles. The molecule has 1 aromatic heterocycles. The van der Waals surface area contributed by atoms with Gasteiger partial charge in [0.1, 0.15) is 11.4 Å². The molecule has 208 valence electrons. The normalized spacial score (nSPS) is 17.9. The summed E-state index contributed by atoms with van der Waals surface area (Å²) in [7, 11) is 3.77. The van der Waals surface area contributed by atoms with Gasteiger partial charge in [0.05, 0.1) is 30.3 Å². The number of carbonyl (C=O) groups excluding carboxylic acids is 2. The number of carbonyl (C=O) groups is 2. The molecule has 0 saturated carbocycles. The summed E-state index contributed by atoms with van der Waals surface area (Å²) in [5.41, 5.74) is 1.81. The Morgan fingerprint density at radius 2 is 1.68 bits per heavy atom. The van der Waals surface area contributed by atoms with Crippen molar-refractivity contribution >= 4 is 12.0 Å². The fourth-order valence-corrected chi connectivity index (χ4v) is 5.01. The minimum absolute atomic E-state index is 0.0803. The summed E-state index contributed by atoms with van der Waals surface area (Å²) in [5, 5.41) is 7.76. The number of amides is 2. The van der Waals surface area contributed by atoms with Crippen LogP contribution in [-0.2, 0) is 4.74 Å². The third kappa shape index (κ3) is 7.05. The lowest BCUT2D eigenvalue weighted by molar-refractivity contribution is 0.0203. The average molecular weight is 527 g/mol.